The normalized spacial score (nSPS) is 10.9. The van der Waals surface area contributed by atoms with Crippen LogP contribution in [0.3, 0.4) is 0 Å². The quantitative estimate of drug-likeness (QED) is 0.285. The van der Waals surface area contributed by atoms with Crippen LogP contribution in [0.15, 0.2) is 70.7 Å². The first-order valence-electron chi connectivity index (χ1n) is 10.2. The van der Waals surface area contributed by atoms with E-state index in [0.717, 1.165) is 32.4 Å². The van der Waals surface area contributed by atoms with Crippen molar-refractivity contribution in [1.82, 2.24) is 9.97 Å². The molecule has 0 saturated heterocycles. The number of amides is 1. The number of carbonyl (C=O) groups is 1. The summed E-state index contributed by atoms with van der Waals surface area (Å²) in [6.07, 6.45) is 1.62. The second kappa shape index (κ2) is 9.43. The minimum absolute atomic E-state index is 0.228. The Morgan fingerprint density at radius 3 is 2.70 bits per heavy atom. The van der Waals surface area contributed by atoms with Crippen molar-refractivity contribution in [2.45, 2.75) is 13.5 Å². The van der Waals surface area contributed by atoms with Crippen molar-refractivity contribution in [1.29, 1.82) is 0 Å². The average Bonchev–Trinajstić information content (AvgIpc) is 3.58. The SMILES string of the molecule is CCOc1ccc2nc(NC(=O)c3ccc(OCc4nc(-c5ccco5)cs4)cc3)sc2c1. The van der Waals surface area contributed by atoms with Crippen molar-refractivity contribution >= 4 is 43.9 Å². The van der Waals surface area contributed by atoms with Gasteiger partial charge in [-0.2, -0.15) is 0 Å². The van der Waals surface area contributed by atoms with Gasteiger partial charge in [0.25, 0.3) is 5.91 Å². The summed E-state index contributed by atoms with van der Waals surface area (Å²) in [5.41, 5.74) is 2.13. The second-order valence-electron chi connectivity index (χ2n) is 6.95. The fourth-order valence-electron chi connectivity index (χ4n) is 3.15. The van der Waals surface area contributed by atoms with Gasteiger partial charge in [0, 0.05) is 10.9 Å². The Balaban J connectivity index is 1.19. The smallest absolute Gasteiger partial charge is 0.257 e. The number of ether oxygens (including phenoxy) is 2. The van der Waals surface area contributed by atoms with Gasteiger partial charge in [-0.25, -0.2) is 9.97 Å². The van der Waals surface area contributed by atoms with Crippen molar-refractivity contribution in [2.24, 2.45) is 0 Å². The molecule has 1 amide bonds. The molecule has 9 heteroatoms. The predicted octanol–water partition coefficient (Wildman–Crippen LogP) is 6.24. The van der Waals surface area contributed by atoms with E-state index in [1.165, 1.54) is 22.7 Å². The van der Waals surface area contributed by atoms with E-state index in [1.54, 1.807) is 30.5 Å². The van der Waals surface area contributed by atoms with Crippen LogP contribution in [0.1, 0.15) is 22.3 Å². The van der Waals surface area contributed by atoms with Crippen LogP contribution in [0.5, 0.6) is 11.5 Å². The molecule has 0 atom stereocenters. The first-order chi connectivity index (χ1) is 16.2. The second-order valence-corrected chi connectivity index (χ2v) is 8.93. The van der Waals surface area contributed by atoms with Crippen LogP contribution < -0.4 is 14.8 Å². The Kier molecular flexibility index (Phi) is 6.05. The molecule has 3 aromatic heterocycles. The van der Waals surface area contributed by atoms with E-state index in [-0.39, 0.29) is 5.91 Å². The summed E-state index contributed by atoms with van der Waals surface area (Å²) in [5.74, 6) is 1.95. The van der Waals surface area contributed by atoms with E-state index in [4.69, 9.17) is 13.9 Å². The fourth-order valence-corrected chi connectivity index (χ4v) is 4.73. The lowest BCUT2D eigenvalue weighted by Crippen LogP contribution is -2.11. The number of nitrogens with one attached hydrogen (secondary N) is 1. The Bertz CT molecular complexity index is 1370. The van der Waals surface area contributed by atoms with Crippen LogP contribution in [0.2, 0.25) is 0 Å². The van der Waals surface area contributed by atoms with Gasteiger partial charge in [-0.15, -0.1) is 11.3 Å². The lowest BCUT2D eigenvalue weighted by atomic mass is 10.2. The third-order valence-corrected chi connectivity index (χ3v) is 6.45. The average molecular weight is 478 g/mol. The molecule has 0 radical (unpaired) electrons. The molecule has 0 aliphatic rings. The molecule has 0 aliphatic carbocycles. The van der Waals surface area contributed by atoms with Crippen molar-refractivity contribution in [3.63, 3.8) is 0 Å². The van der Waals surface area contributed by atoms with Gasteiger partial charge < -0.3 is 13.9 Å². The zero-order chi connectivity index (χ0) is 22.6. The summed E-state index contributed by atoms with van der Waals surface area (Å²) in [4.78, 5) is 21.6. The number of thiazole rings is 2. The van der Waals surface area contributed by atoms with E-state index in [1.807, 2.05) is 42.6 Å². The summed E-state index contributed by atoms with van der Waals surface area (Å²) in [7, 11) is 0. The monoisotopic (exact) mass is 477 g/mol. The molecule has 0 fully saturated rings. The van der Waals surface area contributed by atoms with E-state index >= 15 is 0 Å². The van der Waals surface area contributed by atoms with Crippen LogP contribution in [0.25, 0.3) is 21.7 Å². The fraction of sp³-hybridized carbons (Fsp3) is 0.125. The lowest BCUT2D eigenvalue weighted by Gasteiger charge is -2.06. The van der Waals surface area contributed by atoms with Gasteiger partial charge in [0.15, 0.2) is 10.9 Å². The molecular weight excluding hydrogens is 458 g/mol. The van der Waals surface area contributed by atoms with Crippen molar-refractivity contribution < 1.29 is 18.7 Å². The standard InChI is InChI=1S/C24H19N3O4S2/c1-2-29-17-9-10-18-21(12-17)33-24(26-18)27-23(28)15-5-7-16(8-6-15)31-13-22-25-19(14-32-22)20-4-3-11-30-20/h3-12,14H,2,13H2,1H3,(H,26,27,28). The minimum atomic E-state index is -0.228. The molecule has 5 aromatic rings. The van der Waals surface area contributed by atoms with Gasteiger partial charge in [-0.3, -0.25) is 10.1 Å². The number of fused-ring (bicyclic) bond motifs is 1. The topological polar surface area (TPSA) is 86.5 Å². The molecule has 1 N–H and O–H groups in total. The Labute approximate surface area is 197 Å². The van der Waals surface area contributed by atoms with Gasteiger partial charge in [0.2, 0.25) is 0 Å². The number of carbonyl (C=O) groups excluding carboxylic acids is 1. The summed E-state index contributed by atoms with van der Waals surface area (Å²) in [6.45, 7) is 2.88. The van der Waals surface area contributed by atoms with Gasteiger partial charge in [0.05, 0.1) is 23.1 Å². The van der Waals surface area contributed by atoms with Gasteiger partial charge in [-0.1, -0.05) is 11.3 Å². The zero-order valence-electron chi connectivity index (χ0n) is 17.6. The summed E-state index contributed by atoms with van der Waals surface area (Å²) < 4.78 is 17.7. The highest BCUT2D eigenvalue weighted by molar-refractivity contribution is 7.22. The van der Waals surface area contributed by atoms with Crippen LogP contribution >= 0.6 is 22.7 Å². The lowest BCUT2D eigenvalue weighted by molar-refractivity contribution is 0.102. The summed E-state index contributed by atoms with van der Waals surface area (Å²) in [6, 6.07) is 16.4. The molecule has 0 spiro atoms. The molecule has 3 heterocycles. The number of benzene rings is 2. The maximum Gasteiger partial charge on any atom is 0.257 e. The molecule has 7 nitrogen and oxygen atoms in total. The van der Waals surface area contributed by atoms with Gasteiger partial charge in [0.1, 0.15) is 28.8 Å². The molecule has 0 bridgehead atoms. The number of hydrogen-bond acceptors (Lipinski definition) is 8. The zero-order valence-corrected chi connectivity index (χ0v) is 19.2. The molecule has 0 unspecified atom stereocenters. The van der Waals surface area contributed by atoms with Gasteiger partial charge >= 0.3 is 0 Å². The molecule has 33 heavy (non-hydrogen) atoms. The first-order valence-corrected chi connectivity index (χ1v) is 11.9. The largest absolute Gasteiger partial charge is 0.494 e. The summed E-state index contributed by atoms with van der Waals surface area (Å²) in [5, 5.41) is 6.18. The molecule has 0 saturated carbocycles. The molecular formula is C24H19N3O4S2. The summed E-state index contributed by atoms with van der Waals surface area (Å²) >= 11 is 2.92. The Morgan fingerprint density at radius 2 is 1.91 bits per heavy atom. The van der Waals surface area contributed by atoms with E-state index in [9.17, 15) is 4.79 Å². The van der Waals surface area contributed by atoms with Crippen LogP contribution in [0, 0.1) is 0 Å². The van der Waals surface area contributed by atoms with Crippen LogP contribution in [-0.4, -0.2) is 22.5 Å². The number of hydrogen-bond donors (Lipinski definition) is 1. The molecule has 5 rings (SSSR count). The Morgan fingerprint density at radius 1 is 1.06 bits per heavy atom. The minimum Gasteiger partial charge on any atom is -0.494 e. The Hall–Kier alpha value is -3.69. The number of nitrogens with zero attached hydrogens (tertiary/aromatic N) is 2. The first kappa shape index (κ1) is 21.2. The highest BCUT2D eigenvalue weighted by Gasteiger charge is 2.12. The van der Waals surface area contributed by atoms with E-state index in [0.29, 0.717) is 29.7 Å². The van der Waals surface area contributed by atoms with Crippen molar-refractivity contribution in [2.75, 3.05) is 11.9 Å². The number of furan rings is 1. The third-order valence-electron chi connectivity index (χ3n) is 4.70. The number of rotatable bonds is 8. The van der Waals surface area contributed by atoms with Crippen molar-refractivity contribution in [3.05, 3.63) is 76.8 Å². The van der Waals surface area contributed by atoms with Gasteiger partial charge in [-0.05, 0) is 61.5 Å². The van der Waals surface area contributed by atoms with Crippen molar-refractivity contribution in [3.8, 4) is 23.0 Å². The highest BCUT2D eigenvalue weighted by Crippen LogP contribution is 2.30. The maximum absolute atomic E-state index is 12.6. The van der Waals surface area contributed by atoms with Crippen LogP contribution in [-0.2, 0) is 6.61 Å². The highest BCUT2D eigenvalue weighted by atomic mass is 32.1. The van der Waals surface area contributed by atoms with Crippen LogP contribution in [0.4, 0.5) is 5.13 Å². The number of anilines is 1. The predicted molar refractivity (Wildman–Crippen MR) is 129 cm³/mol. The molecule has 2 aromatic carbocycles. The third kappa shape index (κ3) is 4.89. The number of aromatic nitrogens is 2. The van der Waals surface area contributed by atoms with E-state index < -0.39 is 0 Å². The molecule has 0 aliphatic heterocycles. The van der Waals surface area contributed by atoms with E-state index in [2.05, 4.69) is 15.3 Å². The molecule has 166 valence electrons. The maximum atomic E-state index is 12.6.